The van der Waals surface area contributed by atoms with Gasteiger partial charge in [0.05, 0.1) is 6.61 Å². The molecule has 1 unspecified atom stereocenters. The summed E-state index contributed by atoms with van der Waals surface area (Å²) in [5.74, 6) is 3.08. The number of benzene rings is 1. The lowest BCUT2D eigenvalue weighted by atomic mass is 9.76. The first-order chi connectivity index (χ1) is 15.2. The summed E-state index contributed by atoms with van der Waals surface area (Å²) in [5.41, 5.74) is 2.66. The number of aryl methyl sites for hydroxylation is 1. The third-order valence-corrected chi connectivity index (χ3v) is 7.81. The van der Waals surface area contributed by atoms with E-state index in [1.165, 1.54) is 83.5 Å². The highest BCUT2D eigenvalue weighted by molar-refractivity contribution is 5.30. The van der Waals surface area contributed by atoms with Gasteiger partial charge in [0.1, 0.15) is 0 Å². The Morgan fingerprint density at radius 2 is 1.61 bits per heavy atom. The SMILES string of the molecule is CCCCC[C@H]1CC[C@H](CCC2CC=C(CCc3ccc(OCC)c(F)c3)CC2)CC1. The van der Waals surface area contributed by atoms with E-state index in [1.807, 2.05) is 13.0 Å². The van der Waals surface area contributed by atoms with Gasteiger partial charge in [-0.3, -0.25) is 0 Å². The molecule has 0 N–H and O–H groups in total. The zero-order valence-electron chi connectivity index (χ0n) is 20.1. The molecule has 0 amide bonds. The number of unbranched alkanes of at least 4 members (excludes halogenated alkanes) is 2. The molecule has 2 aliphatic rings. The molecule has 1 atom stereocenters. The van der Waals surface area contributed by atoms with Crippen molar-refractivity contribution in [1.82, 2.24) is 0 Å². The molecule has 0 aromatic heterocycles. The largest absolute Gasteiger partial charge is 0.491 e. The molecule has 1 nitrogen and oxygen atoms in total. The Balaban J connectivity index is 1.31. The van der Waals surface area contributed by atoms with Gasteiger partial charge in [0.15, 0.2) is 11.6 Å². The van der Waals surface area contributed by atoms with Crippen LogP contribution < -0.4 is 4.74 Å². The van der Waals surface area contributed by atoms with E-state index < -0.39 is 0 Å². The minimum absolute atomic E-state index is 0.230. The van der Waals surface area contributed by atoms with Gasteiger partial charge >= 0.3 is 0 Å². The van der Waals surface area contributed by atoms with E-state index in [9.17, 15) is 4.39 Å². The summed E-state index contributed by atoms with van der Waals surface area (Å²) in [4.78, 5) is 0. The number of allylic oxidation sites excluding steroid dienone is 2. The second-order valence-electron chi connectivity index (χ2n) is 10.2. The molecule has 174 valence electrons. The number of ether oxygens (including phenoxy) is 1. The fraction of sp³-hybridized carbons (Fsp3) is 0.724. The maximum Gasteiger partial charge on any atom is 0.165 e. The molecule has 0 saturated heterocycles. The topological polar surface area (TPSA) is 9.23 Å². The van der Waals surface area contributed by atoms with Crippen LogP contribution in [0.5, 0.6) is 5.75 Å². The van der Waals surface area contributed by atoms with Crippen LogP contribution in [-0.4, -0.2) is 6.61 Å². The van der Waals surface area contributed by atoms with E-state index in [4.69, 9.17) is 4.74 Å². The first kappa shape index (κ1) is 24.3. The molecule has 0 radical (unpaired) electrons. The predicted octanol–water partition coefficient (Wildman–Crippen LogP) is 9.05. The van der Waals surface area contributed by atoms with Gasteiger partial charge in [0.2, 0.25) is 0 Å². The molecule has 1 aromatic rings. The van der Waals surface area contributed by atoms with Crippen LogP contribution in [0.15, 0.2) is 29.8 Å². The first-order valence-electron chi connectivity index (χ1n) is 13.3. The zero-order valence-corrected chi connectivity index (χ0v) is 20.1. The summed E-state index contributed by atoms with van der Waals surface area (Å²) in [6, 6.07) is 5.44. The Morgan fingerprint density at radius 1 is 0.871 bits per heavy atom. The molecule has 1 aromatic carbocycles. The van der Waals surface area contributed by atoms with Crippen molar-refractivity contribution in [3.05, 3.63) is 41.2 Å². The van der Waals surface area contributed by atoms with Crippen LogP contribution in [0.25, 0.3) is 0 Å². The van der Waals surface area contributed by atoms with Crippen molar-refractivity contribution < 1.29 is 9.13 Å². The van der Waals surface area contributed by atoms with Gasteiger partial charge in [-0.05, 0) is 80.9 Å². The van der Waals surface area contributed by atoms with Crippen LogP contribution in [0.2, 0.25) is 0 Å². The fourth-order valence-electron chi connectivity index (χ4n) is 5.67. The molecule has 0 bridgehead atoms. The van der Waals surface area contributed by atoms with Gasteiger partial charge in [-0.25, -0.2) is 4.39 Å². The summed E-state index contributed by atoms with van der Waals surface area (Å²) in [7, 11) is 0. The quantitative estimate of drug-likeness (QED) is 0.238. The zero-order chi connectivity index (χ0) is 21.9. The molecule has 2 aliphatic carbocycles. The third-order valence-electron chi connectivity index (χ3n) is 7.81. The van der Waals surface area contributed by atoms with Gasteiger partial charge in [0.25, 0.3) is 0 Å². The fourth-order valence-corrected chi connectivity index (χ4v) is 5.67. The van der Waals surface area contributed by atoms with Crippen molar-refractivity contribution in [2.75, 3.05) is 6.61 Å². The van der Waals surface area contributed by atoms with Gasteiger partial charge in [0, 0.05) is 0 Å². The Morgan fingerprint density at radius 3 is 2.26 bits per heavy atom. The Kier molecular flexibility index (Phi) is 10.4. The van der Waals surface area contributed by atoms with Gasteiger partial charge in [-0.1, -0.05) is 82.4 Å². The first-order valence-corrected chi connectivity index (χ1v) is 13.3. The van der Waals surface area contributed by atoms with Gasteiger partial charge in [-0.2, -0.15) is 0 Å². The summed E-state index contributed by atoms with van der Waals surface area (Å²) < 4.78 is 19.3. The van der Waals surface area contributed by atoms with Crippen LogP contribution in [0, 0.1) is 23.6 Å². The summed E-state index contributed by atoms with van der Waals surface area (Å²) in [6.07, 6.45) is 22.9. The van der Waals surface area contributed by atoms with Crippen molar-refractivity contribution in [3.8, 4) is 5.75 Å². The molecular formula is C29H45FO. The van der Waals surface area contributed by atoms with E-state index in [2.05, 4.69) is 13.0 Å². The second-order valence-corrected chi connectivity index (χ2v) is 10.2. The lowest BCUT2D eigenvalue weighted by Crippen LogP contribution is -2.16. The number of rotatable bonds is 12. The van der Waals surface area contributed by atoms with Crippen LogP contribution in [0.4, 0.5) is 4.39 Å². The monoisotopic (exact) mass is 428 g/mol. The third kappa shape index (κ3) is 8.28. The highest BCUT2D eigenvalue weighted by atomic mass is 19.1. The lowest BCUT2D eigenvalue weighted by Gasteiger charge is -2.30. The van der Waals surface area contributed by atoms with Crippen LogP contribution in [0.1, 0.15) is 109 Å². The van der Waals surface area contributed by atoms with Crippen molar-refractivity contribution in [2.24, 2.45) is 17.8 Å². The Bertz CT molecular complexity index is 671. The minimum Gasteiger partial charge on any atom is -0.491 e. The molecule has 1 saturated carbocycles. The Hall–Kier alpha value is -1.31. The number of hydrogen-bond acceptors (Lipinski definition) is 1. The molecule has 31 heavy (non-hydrogen) atoms. The Labute approximate surface area is 190 Å². The van der Waals surface area contributed by atoms with Crippen LogP contribution in [0.3, 0.4) is 0 Å². The number of halogens is 1. The van der Waals surface area contributed by atoms with E-state index in [0.717, 1.165) is 36.2 Å². The molecule has 1 fully saturated rings. The van der Waals surface area contributed by atoms with Crippen molar-refractivity contribution in [1.29, 1.82) is 0 Å². The van der Waals surface area contributed by atoms with Crippen molar-refractivity contribution in [3.63, 3.8) is 0 Å². The van der Waals surface area contributed by atoms with Crippen LogP contribution >= 0.6 is 0 Å². The molecule has 3 rings (SSSR count). The second kappa shape index (κ2) is 13.3. The number of hydrogen-bond donors (Lipinski definition) is 0. The minimum atomic E-state index is -0.230. The normalized spacial score (nSPS) is 24.1. The smallest absolute Gasteiger partial charge is 0.165 e. The molecule has 2 heteroatoms. The molecule has 0 heterocycles. The van der Waals surface area contributed by atoms with E-state index in [1.54, 1.807) is 17.7 Å². The highest BCUT2D eigenvalue weighted by Crippen LogP contribution is 2.37. The highest BCUT2D eigenvalue weighted by Gasteiger charge is 2.22. The predicted molar refractivity (Wildman–Crippen MR) is 130 cm³/mol. The van der Waals surface area contributed by atoms with Gasteiger partial charge < -0.3 is 4.74 Å². The van der Waals surface area contributed by atoms with Crippen molar-refractivity contribution in [2.45, 2.75) is 110 Å². The van der Waals surface area contributed by atoms with Crippen LogP contribution in [-0.2, 0) is 6.42 Å². The van der Waals surface area contributed by atoms with Gasteiger partial charge in [-0.15, -0.1) is 0 Å². The standard InChI is InChI=1S/C29H45FO/c1-3-5-6-7-23-8-10-24(11-9-23)12-13-25-14-16-26(17-15-25)18-19-27-20-21-29(31-4-2)28(30)22-27/h16,20-25H,3-15,17-19H2,1-2H3/t23-,24-,25?. The maximum absolute atomic E-state index is 14.0. The lowest BCUT2D eigenvalue weighted by molar-refractivity contribution is 0.234. The summed E-state index contributed by atoms with van der Waals surface area (Å²) >= 11 is 0. The summed E-state index contributed by atoms with van der Waals surface area (Å²) in [5, 5.41) is 0. The van der Waals surface area contributed by atoms with Crippen molar-refractivity contribution >= 4 is 0 Å². The molecule has 0 spiro atoms. The van der Waals surface area contributed by atoms with E-state index in [-0.39, 0.29) is 5.82 Å². The molecular weight excluding hydrogens is 383 g/mol. The molecule has 0 aliphatic heterocycles. The average Bonchev–Trinajstić information content (AvgIpc) is 2.80. The van der Waals surface area contributed by atoms with E-state index >= 15 is 0 Å². The van der Waals surface area contributed by atoms with E-state index in [0.29, 0.717) is 12.4 Å². The maximum atomic E-state index is 14.0. The average molecular weight is 429 g/mol. The summed E-state index contributed by atoms with van der Waals surface area (Å²) in [6.45, 7) is 4.70.